The second-order valence-electron chi connectivity index (χ2n) is 7.75. The molecule has 2 aromatic carbocycles. The number of phenolic OH excluding ortho intramolecular Hbond substituents is 1. The number of amides is 1. The van der Waals surface area contributed by atoms with Crippen molar-refractivity contribution in [2.75, 3.05) is 0 Å². The van der Waals surface area contributed by atoms with Crippen LogP contribution in [0.2, 0.25) is 0 Å². The number of aliphatic hydroxyl groups is 1. The summed E-state index contributed by atoms with van der Waals surface area (Å²) in [6.07, 6.45) is -0.687. The number of nitrogens with one attached hydrogen (secondary N) is 1. The number of phenols is 1. The molecule has 9 nitrogen and oxygen atoms in total. The Bertz CT molecular complexity index is 1020. The summed E-state index contributed by atoms with van der Waals surface area (Å²) in [6.45, 7) is 5.07. The quantitative estimate of drug-likeness (QED) is 0.272. The molecule has 0 aromatic heterocycles. The number of aromatic hydroxyl groups is 1. The summed E-state index contributed by atoms with van der Waals surface area (Å²) in [5.41, 5.74) is -0.149. The number of alkyl carbamates (subject to hydrolysis) is 1. The minimum atomic E-state index is -1.02. The van der Waals surface area contributed by atoms with E-state index in [2.05, 4.69) is 5.32 Å². The van der Waals surface area contributed by atoms with Gasteiger partial charge < -0.3 is 20.3 Å². The highest BCUT2D eigenvalue weighted by atomic mass is 16.6. The largest absolute Gasteiger partial charge is 0.509 e. The van der Waals surface area contributed by atoms with Gasteiger partial charge in [0.15, 0.2) is 0 Å². The van der Waals surface area contributed by atoms with E-state index < -0.39 is 28.4 Å². The number of hydrogen-bond acceptors (Lipinski definition) is 7. The molecular formula is C22H23N3O6. The Morgan fingerprint density at radius 1 is 1.19 bits per heavy atom. The topological polar surface area (TPSA) is 146 Å². The fourth-order valence-electron chi connectivity index (χ4n) is 2.73. The van der Waals surface area contributed by atoms with E-state index in [1.165, 1.54) is 36.4 Å². The highest BCUT2D eigenvalue weighted by molar-refractivity contribution is 5.80. The van der Waals surface area contributed by atoms with Crippen LogP contribution in [0.4, 0.5) is 10.5 Å². The Hall–Kier alpha value is -4.06. The average Bonchev–Trinajstić information content (AvgIpc) is 2.68. The summed E-state index contributed by atoms with van der Waals surface area (Å²) < 4.78 is 5.25. The number of nitro groups is 1. The molecule has 1 amide bonds. The molecule has 31 heavy (non-hydrogen) atoms. The standard InChI is InChI=1S/C22H23N3O6/c1-22(2,3)31-21(28)24-19(12-14-4-10-17(26)11-5-14)20(27)18(13-23)15-6-8-16(9-7-15)25(29)30/h4-11,19,26-27H,12H2,1-3H3,(H,24,28)/b20-18-/t19-/m0/s1. The lowest BCUT2D eigenvalue weighted by molar-refractivity contribution is -0.384. The number of non-ortho nitro benzene ring substituents is 1. The number of carbonyl (C=O) groups is 1. The summed E-state index contributed by atoms with van der Waals surface area (Å²) in [5, 5.41) is 43.4. The molecule has 0 aliphatic carbocycles. The summed E-state index contributed by atoms with van der Waals surface area (Å²) in [6, 6.07) is 12.1. The third-order valence-corrected chi connectivity index (χ3v) is 4.13. The Balaban J connectivity index is 2.42. The van der Waals surface area contributed by atoms with Gasteiger partial charge in [-0.3, -0.25) is 10.1 Å². The van der Waals surface area contributed by atoms with Crippen molar-refractivity contribution >= 4 is 17.4 Å². The zero-order valence-electron chi connectivity index (χ0n) is 17.3. The predicted molar refractivity (Wildman–Crippen MR) is 113 cm³/mol. The van der Waals surface area contributed by atoms with Crippen LogP contribution in [-0.2, 0) is 11.2 Å². The van der Waals surface area contributed by atoms with Crippen LogP contribution >= 0.6 is 0 Å². The van der Waals surface area contributed by atoms with Crippen molar-refractivity contribution in [3.8, 4) is 11.8 Å². The van der Waals surface area contributed by atoms with Crippen molar-refractivity contribution in [1.29, 1.82) is 5.26 Å². The number of aliphatic hydroxyl groups excluding tert-OH is 1. The maximum absolute atomic E-state index is 12.3. The molecule has 0 spiro atoms. The predicted octanol–water partition coefficient (Wildman–Crippen LogP) is 4.23. The van der Waals surface area contributed by atoms with Crippen LogP contribution in [0, 0.1) is 21.4 Å². The van der Waals surface area contributed by atoms with Crippen LogP contribution in [0.1, 0.15) is 31.9 Å². The number of hydrogen-bond donors (Lipinski definition) is 3. The average molecular weight is 425 g/mol. The summed E-state index contributed by atoms with van der Waals surface area (Å²) in [5.74, 6) is -0.362. The number of allylic oxidation sites excluding steroid dienone is 1. The zero-order chi connectivity index (χ0) is 23.2. The maximum atomic E-state index is 12.3. The van der Waals surface area contributed by atoms with E-state index in [9.17, 15) is 30.4 Å². The van der Waals surface area contributed by atoms with E-state index in [-0.39, 0.29) is 29.0 Å². The van der Waals surface area contributed by atoms with E-state index >= 15 is 0 Å². The van der Waals surface area contributed by atoms with Crippen LogP contribution in [0.15, 0.2) is 54.3 Å². The number of nitro benzene ring substituents is 1. The van der Waals surface area contributed by atoms with Crippen LogP contribution in [0.3, 0.4) is 0 Å². The Labute approximate surface area is 179 Å². The van der Waals surface area contributed by atoms with Gasteiger partial charge in [-0.1, -0.05) is 12.1 Å². The second kappa shape index (κ2) is 9.63. The summed E-state index contributed by atoms with van der Waals surface area (Å²) >= 11 is 0. The van der Waals surface area contributed by atoms with Crippen LogP contribution < -0.4 is 5.32 Å². The number of benzene rings is 2. The normalized spacial score (nSPS) is 12.8. The molecule has 0 radical (unpaired) electrons. The number of ether oxygens (including phenoxy) is 1. The van der Waals surface area contributed by atoms with Gasteiger partial charge >= 0.3 is 6.09 Å². The molecule has 9 heteroatoms. The monoisotopic (exact) mass is 425 g/mol. The van der Waals surface area contributed by atoms with Gasteiger partial charge in [0.05, 0.1) is 16.5 Å². The molecule has 0 saturated carbocycles. The van der Waals surface area contributed by atoms with Gasteiger partial charge in [-0.15, -0.1) is 0 Å². The smallest absolute Gasteiger partial charge is 0.408 e. The molecule has 162 valence electrons. The Morgan fingerprint density at radius 2 is 1.77 bits per heavy atom. The van der Waals surface area contributed by atoms with Crippen molar-refractivity contribution < 1.29 is 24.7 Å². The lowest BCUT2D eigenvalue weighted by Gasteiger charge is -2.24. The van der Waals surface area contributed by atoms with E-state index in [1.807, 2.05) is 6.07 Å². The molecule has 1 atom stereocenters. The van der Waals surface area contributed by atoms with Crippen molar-refractivity contribution in [2.45, 2.75) is 38.8 Å². The van der Waals surface area contributed by atoms with Gasteiger partial charge in [0.25, 0.3) is 5.69 Å². The Kier molecular flexibility index (Phi) is 7.21. The van der Waals surface area contributed by atoms with E-state index in [1.54, 1.807) is 32.9 Å². The fourth-order valence-corrected chi connectivity index (χ4v) is 2.73. The lowest BCUT2D eigenvalue weighted by atomic mass is 9.98. The molecule has 0 aliphatic heterocycles. The van der Waals surface area contributed by atoms with E-state index in [0.717, 1.165) is 0 Å². The van der Waals surface area contributed by atoms with Gasteiger partial charge in [0, 0.05) is 18.6 Å². The first kappa shape index (κ1) is 23.2. The van der Waals surface area contributed by atoms with Crippen molar-refractivity contribution in [3.63, 3.8) is 0 Å². The van der Waals surface area contributed by atoms with E-state index in [0.29, 0.717) is 5.56 Å². The van der Waals surface area contributed by atoms with Gasteiger partial charge in [0.1, 0.15) is 23.2 Å². The first-order valence-corrected chi connectivity index (χ1v) is 9.35. The molecular weight excluding hydrogens is 402 g/mol. The number of nitriles is 1. The number of carbonyl (C=O) groups excluding carboxylic acids is 1. The molecule has 0 heterocycles. The minimum absolute atomic E-state index is 0.0590. The maximum Gasteiger partial charge on any atom is 0.408 e. The minimum Gasteiger partial charge on any atom is -0.509 e. The second-order valence-corrected chi connectivity index (χ2v) is 7.75. The fraction of sp³-hybridized carbons (Fsp3) is 0.273. The number of rotatable bonds is 6. The molecule has 3 N–H and O–H groups in total. The zero-order valence-corrected chi connectivity index (χ0v) is 17.3. The molecule has 2 rings (SSSR count). The molecule has 0 fully saturated rings. The third-order valence-electron chi connectivity index (χ3n) is 4.13. The van der Waals surface area contributed by atoms with Gasteiger partial charge in [-0.25, -0.2) is 4.79 Å². The van der Waals surface area contributed by atoms with Crippen LogP contribution in [0.5, 0.6) is 5.75 Å². The first-order chi connectivity index (χ1) is 14.5. The molecule has 2 aromatic rings. The van der Waals surface area contributed by atoms with Crippen molar-refractivity contribution in [2.24, 2.45) is 0 Å². The number of nitrogens with zero attached hydrogens (tertiary/aromatic N) is 2. The third kappa shape index (κ3) is 6.75. The van der Waals surface area contributed by atoms with Crippen LogP contribution in [0.25, 0.3) is 5.57 Å². The SMILES string of the molecule is CC(C)(C)OC(=O)N[C@@H](Cc1ccc(O)cc1)/C(O)=C(\C#N)c1ccc([N+](=O)[O-])cc1. The molecule has 0 saturated heterocycles. The highest BCUT2D eigenvalue weighted by Gasteiger charge is 2.25. The summed E-state index contributed by atoms with van der Waals surface area (Å²) in [7, 11) is 0. The molecule has 0 unspecified atom stereocenters. The lowest BCUT2D eigenvalue weighted by Crippen LogP contribution is -2.41. The van der Waals surface area contributed by atoms with E-state index in [4.69, 9.17) is 4.74 Å². The molecule has 0 aliphatic rings. The van der Waals surface area contributed by atoms with Gasteiger partial charge in [-0.05, 0) is 56.2 Å². The van der Waals surface area contributed by atoms with Crippen LogP contribution in [-0.4, -0.2) is 32.9 Å². The first-order valence-electron chi connectivity index (χ1n) is 9.35. The van der Waals surface area contributed by atoms with Gasteiger partial charge in [-0.2, -0.15) is 5.26 Å². The van der Waals surface area contributed by atoms with Crippen molar-refractivity contribution in [3.05, 3.63) is 75.5 Å². The van der Waals surface area contributed by atoms with Gasteiger partial charge in [0.2, 0.25) is 0 Å². The highest BCUT2D eigenvalue weighted by Crippen LogP contribution is 2.24. The van der Waals surface area contributed by atoms with Crippen molar-refractivity contribution in [1.82, 2.24) is 5.32 Å². The Morgan fingerprint density at radius 3 is 2.26 bits per heavy atom. The summed E-state index contributed by atoms with van der Waals surface area (Å²) in [4.78, 5) is 22.6. The molecule has 0 bridgehead atoms.